The predicted octanol–water partition coefficient (Wildman–Crippen LogP) is 0.568. The molecule has 0 aliphatic carbocycles. The summed E-state index contributed by atoms with van der Waals surface area (Å²) in [5.41, 5.74) is 5.52. The standard InChI is InChI=1S/C9H23N3O2S.ClH/c1-5-12(4)15(13,14)11-9(7-10)6-8(2)3;/h8-9,11H,5-7,10H2,1-4H3;1H. The average Bonchev–Trinajstić information content (AvgIpc) is 2.14. The number of halogens is 1. The molecule has 0 radical (unpaired) electrons. The lowest BCUT2D eigenvalue weighted by molar-refractivity contribution is 0.430. The van der Waals surface area contributed by atoms with Crippen LogP contribution in [0.3, 0.4) is 0 Å². The van der Waals surface area contributed by atoms with Gasteiger partial charge in [-0.15, -0.1) is 12.4 Å². The molecule has 0 saturated heterocycles. The van der Waals surface area contributed by atoms with Crippen molar-refractivity contribution in [3.8, 4) is 0 Å². The van der Waals surface area contributed by atoms with Crippen LogP contribution in [0, 0.1) is 5.92 Å². The molecule has 0 fully saturated rings. The summed E-state index contributed by atoms with van der Waals surface area (Å²) in [7, 11) is -1.82. The molecule has 0 aromatic carbocycles. The van der Waals surface area contributed by atoms with Crippen molar-refractivity contribution in [2.75, 3.05) is 20.1 Å². The van der Waals surface area contributed by atoms with Gasteiger partial charge in [-0.05, 0) is 12.3 Å². The Bertz CT molecular complexity index is 270. The molecule has 0 bridgehead atoms. The van der Waals surface area contributed by atoms with Gasteiger partial charge < -0.3 is 5.73 Å². The molecule has 5 nitrogen and oxygen atoms in total. The van der Waals surface area contributed by atoms with Crippen LogP contribution < -0.4 is 10.5 Å². The van der Waals surface area contributed by atoms with Crippen molar-refractivity contribution in [2.45, 2.75) is 33.2 Å². The van der Waals surface area contributed by atoms with E-state index in [1.54, 1.807) is 14.0 Å². The Balaban J connectivity index is 0. The van der Waals surface area contributed by atoms with Crippen LogP contribution in [0.2, 0.25) is 0 Å². The Morgan fingerprint density at radius 3 is 2.19 bits per heavy atom. The summed E-state index contributed by atoms with van der Waals surface area (Å²) in [6.45, 7) is 6.66. The van der Waals surface area contributed by atoms with E-state index >= 15 is 0 Å². The second-order valence-corrected chi connectivity index (χ2v) is 5.91. The third-order valence-corrected chi connectivity index (χ3v) is 3.92. The van der Waals surface area contributed by atoms with E-state index in [4.69, 9.17) is 5.73 Å². The molecule has 1 unspecified atom stereocenters. The van der Waals surface area contributed by atoms with E-state index < -0.39 is 10.2 Å². The lowest BCUT2D eigenvalue weighted by Gasteiger charge is -2.22. The minimum absolute atomic E-state index is 0. The van der Waals surface area contributed by atoms with E-state index in [-0.39, 0.29) is 18.4 Å². The molecule has 0 aliphatic heterocycles. The largest absolute Gasteiger partial charge is 0.329 e. The van der Waals surface area contributed by atoms with E-state index in [9.17, 15) is 8.42 Å². The lowest BCUT2D eigenvalue weighted by Crippen LogP contribution is -2.47. The van der Waals surface area contributed by atoms with Crippen molar-refractivity contribution < 1.29 is 8.42 Å². The van der Waals surface area contributed by atoms with Gasteiger partial charge in [-0.25, -0.2) is 0 Å². The summed E-state index contributed by atoms with van der Waals surface area (Å²) in [6, 6.07) is -0.177. The van der Waals surface area contributed by atoms with Crippen LogP contribution in [0.25, 0.3) is 0 Å². The number of hydrogen-bond acceptors (Lipinski definition) is 3. The summed E-state index contributed by atoms with van der Waals surface area (Å²) in [5, 5.41) is 0. The highest BCUT2D eigenvalue weighted by molar-refractivity contribution is 7.87. The van der Waals surface area contributed by atoms with Crippen LogP contribution in [-0.2, 0) is 10.2 Å². The number of rotatable bonds is 7. The molecular weight excluding hydrogens is 250 g/mol. The molecule has 0 aromatic heterocycles. The molecule has 0 aliphatic rings. The first kappa shape index (κ1) is 18.5. The van der Waals surface area contributed by atoms with Crippen molar-refractivity contribution in [3.63, 3.8) is 0 Å². The van der Waals surface area contributed by atoms with Gasteiger partial charge in [0.1, 0.15) is 0 Å². The van der Waals surface area contributed by atoms with Gasteiger partial charge in [0.15, 0.2) is 0 Å². The second-order valence-electron chi connectivity index (χ2n) is 4.10. The third kappa shape index (κ3) is 6.65. The Kier molecular flexibility index (Phi) is 9.53. The molecule has 0 heterocycles. The maximum atomic E-state index is 11.7. The van der Waals surface area contributed by atoms with Gasteiger partial charge in [-0.3, -0.25) is 0 Å². The molecule has 0 amide bonds. The van der Waals surface area contributed by atoms with E-state index in [2.05, 4.69) is 4.72 Å². The van der Waals surface area contributed by atoms with Gasteiger partial charge in [-0.1, -0.05) is 20.8 Å². The Hall–Kier alpha value is 0.120. The van der Waals surface area contributed by atoms with E-state index in [0.717, 1.165) is 6.42 Å². The number of nitrogens with zero attached hydrogens (tertiary/aromatic N) is 1. The van der Waals surface area contributed by atoms with Crippen molar-refractivity contribution >= 4 is 22.6 Å². The average molecular weight is 274 g/mol. The Morgan fingerprint density at radius 2 is 1.88 bits per heavy atom. The molecule has 0 rings (SSSR count). The molecule has 1 atom stereocenters. The van der Waals surface area contributed by atoms with Crippen LogP contribution in [0.5, 0.6) is 0 Å². The molecule has 7 heteroatoms. The summed E-state index contributed by atoms with van der Waals surface area (Å²) in [5.74, 6) is 0.424. The monoisotopic (exact) mass is 273 g/mol. The van der Waals surface area contributed by atoms with Gasteiger partial charge in [0, 0.05) is 26.2 Å². The topological polar surface area (TPSA) is 75.4 Å². The minimum atomic E-state index is -3.36. The van der Waals surface area contributed by atoms with Crippen LogP contribution in [0.4, 0.5) is 0 Å². The molecule has 0 aromatic rings. The molecular formula is C9H24ClN3O2S. The second kappa shape index (κ2) is 8.25. The molecule has 0 spiro atoms. The summed E-state index contributed by atoms with van der Waals surface area (Å²) >= 11 is 0. The van der Waals surface area contributed by atoms with Crippen LogP contribution in [-0.4, -0.2) is 38.9 Å². The molecule has 16 heavy (non-hydrogen) atoms. The van der Waals surface area contributed by atoms with E-state index in [0.29, 0.717) is 19.0 Å². The van der Waals surface area contributed by atoms with Crippen molar-refractivity contribution in [1.82, 2.24) is 9.03 Å². The zero-order valence-corrected chi connectivity index (χ0v) is 12.1. The quantitative estimate of drug-likeness (QED) is 0.712. The van der Waals surface area contributed by atoms with Gasteiger partial charge >= 0.3 is 0 Å². The number of nitrogens with one attached hydrogen (secondary N) is 1. The summed E-state index contributed by atoms with van der Waals surface area (Å²) in [4.78, 5) is 0. The normalized spacial score (nSPS) is 13.9. The predicted molar refractivity (Wildman–Crippen MR) is 69.9 cm³/mol. The van der Waals surface area contributed by atoms with E-state index in [1.807, 2.05) is 13.8 Å². The Morgan fingerprint density at radius 1 is 1.38 bits per heavy atom. The first-order chi connectivity index (χ1) is 6.83. The maximum absolute atomic E-state index is 11.7. The van der Waals surface area contributed by atoms with Crippen molar-refractivity contribution in [2.24, 2.45) is 11.7 Å². The van der Waals surface area contributed by atoms with Crippen molar-refractivity contribution in [3.05, 3.63) is 0 Å². The molecule has 3 N–H and O–H groups in total. The molecule has 100 valence electrons. The highest BCUT2D eigenvalue weighted by Gasteiger charge is 2.20. The van der Waals surface area contributed by atoms with Gasteiger partial charge in [-0.2, -0.15) is 17.4 Å². The number of nitrogens with two attached hydrogens (primary N) is 1. The zero-order chi connectivity index (χ0) is 12.1. The van der Waals surface area contributed by atoms with Crippen LogP contribution in [0.1, 0.15) is 27.2 Å². The first-order valence-corrected chi connectivity index (χ1v) is 6.71. The lowest BCUT2D eigenvalue weighted by atomic mass is 10.1. The SMILES string of the molecule is CCN(C)S(=O)(=O)NC(CN)CC(C)C.Cl. The van der Waals surface area contributed by atoms with Crippen molar-refractivity contribution in [1.29, 1.82) is 0 Å². The highest BCUT2D eigenvalue weighted by Crippen LogP contribution is 2.05. The Labute approximate surface area is 105 Å². The highest BCUT2D eigenvalue weighted by atomic mass is 35.5. The molecule has 0 saturated carbocycles. The summed E-state index contributed by atoms with van der Waals surface area (Å²) < 4.78 is 27.2. The van der Waals surface area contributed by atoms with Crippen LogP contribution >= 0.6 is 12.4 Å². The van der Waals surface area contributed by atoms with Gasteiger partial charge in [0.25, 0.3) is 10.2 Å². The first-order valence-electron chi connectivity index (χ1n) is 5.27. The van der Waals surface area contributed by atoms with E-state index in [1.165, 1.54) is 4.31 Å². The maximum Gasteiger partial charge on any atom is 0.279 e. The van der Waals surface area contributed by atoms with Gasteiger partial charge in [0.2, 0.25) is 0 Å². The number of hydrogen-bond donors (Lipinski definition) is 2. The minimum Gasteiger partial charge on any atom is -0.329 e. The third-order valence-electron chi connectivity index (χ3n) is 2.21. The fourth-order valence-corrected chi connectivity index (χ4v) is 2.37. The fraction of sp³-hybridized carbons (Fsp3) is 1.00. The summed E-state index contributed by atoms with van der Waals surface area (Å²) in [6.07, 6.45) is 0.757. The zero-order valence-electron chi connectivity index (χ0n) is 10.4. The van der Waals surface area contributed by atoms with Gasteiger partial charge in [0.05, 0.1) is 0 Å². The van der Waals surface area contributed by atoms with Crippen LogP contribution in [0.15, 0.2) is 0 Å². The fourth-order valence-electron chi connectivity index (χ4n) is 1.23. The smallest absolute Gasteiger partial charge is 0.279 e.